The maximum absolute atomic E-state index is 5.41. The van der Waals surface area contributed by atoms with Gasteiger partial charge in [0.15, 0.2) is 5.82 Å². The van der Waals surface area contributed by atoms with E-state index in [1.165, 1.54) is 45.7 Å². The van der Waals surface area contributed by atoms with Gasteiger partial charge in [-0.15, -0.1) is 22.7 Å². The minimum atomic E-state index is 0.728. The summed E-state index contributed by atoms with van der Waals surface area (Å²) in [4.78, 5) is 15.9. The molecule has 11 rings (SSSR count). The molecule has 0 saturated heterocycles. The van der Waals surface area contributed by atoms with Crippen molar-refractivity contribution < 1.29 is 0 Å². The molecule has 0 unspecified atom stereocenters. The van der Waals surface area contributed by atoms with Crippen molar-refractivity contribution in [3.05, 3.63) is 164 Å². The van der Waals surface area contributed by atoms with Gasteiger partial charge in [0.25, 0.3) is 0 Å². The first-order chi connectivity index (χ1) is 25.8. The molecule has 0 saturated carbocycles. The summed E-state index contributed by atoms with van der Waals surface area (Å²) in [6.45, 7) is 0. The number of thiophene rings is 2. The second-order valence-electron chi connectivity index (χ2n) is 13.1. The zero-order valence-electron chi connectivity index (χ0n) is 27.7. The maximum atomic E-state index is 5.41. The summed E-state index contributed by atoms with van der Waals surface area (Å²) >= 11 is 3.67. The Kier molecular flexibility index (Phi) is 6.59. The molecule has 0 radical (unpaired) electrons. The Bertz CT molecular complexity index is 3180. The monoisotopic (exact) mass is 697 g/mol. The summed E-state index contributed by atoms with van der Waals surface area (Å²) in [5.74, 6) is 0.728. The lowest BCUT2D eigenvalue weighted by atomic mass is 9.98. The van der Waals surface area contributed by atoms with Crippen molar-refractivity contribution in [1.29, 1.82) is 0 Å². The van der Waals surface area contributed by atoms with Crippen LogP contribution in [0.2, 0.25) is 0 Å². The van der Waals surface area contributed by atoms with Crippen LogP contribution in [0.4, 0.5) is 0 Å². The Morgan fingerprint density at radius 2 is 1.00 bits per heavy atom. The molecule has 0 N–H and O–H groups in total. The second-order valence-corrected chi connectivity index (χ2v) is 15.2. The van der Waals surface area contributed by atoms with E-state index in [0.717, 1.165) is 61.4 Å². The van der Waals surface area contributed by atoms with E-state index in [2.05, 4.69) is 164 Å². The predicted molar refractivity (Wildman–Crippen MR) is 222 cm³/mol. The molecule has 4 aromatic heterocycles. The van der Waals surface area contributed by atoms with Gasteiger partial charge in [-0.05, 0) is 30.3 Å². The van der Waals surface area contributed by atoms with E-state index < -0.39 is 0 Å². The van der Waals surface area contributed by atoms with Gasteiger partial charge in [-0.25, -0.2) is 15.0 Å². The van der Waals surface area contributed by atoms with Gasteiger partial charge in [-0.3, -0.25) is 0 Å². The summed E-state index contributed by atoms with van der Waals surface area (Å²) in [7, 11) is 0. The first kappa shape index (κ1) is 29.5. The summed E-state index contributed by atoms with van der Waals surface area (Å²) in [6.07, 6.45) is 0. The van der Waals surface area contributed by atoms with E-state index in [1.807, 2.05) is 22.7 Å². The molecule has 52 heavy (non-hydrogen) atoms. The largest absolute Gasteiger partial charge is 0.247 e. The average Bonchev–Trinajstić information content (AvgIpc) is 3.80. The van der Waals surface area contributed by atoms with Crippen LogP contribution in [0.15, 0.2) is 164 Å². The van der Waals surface area contributed by atoms with Crippen LogP contribution in [0, 0.1) is 0 Å². The van der Waals surface area contributed by atoms with E-state index in [0.29, 0.717) is 0 Å². The van der Waals surface area contributed by atoms with Gasteiger partial charge in [0.05, 0.1) is 22.6 Å². The van der Waals surface area contributed by atoms with Crippen molar-refractivity contribution in [3.8, 4) is 45.2 Å². The van der Waals surface area contributed by atoms with E-state index in [4.69, 9.17) is 15.0 Å². The van der Waals surface area contributed by atoms with Crippen LogP contribution >= 0.6 is 22.7 Å². The molecule has 4 heterocycles. The number of nitrogens with zero attached hydrogens (tertiary/aromatic N) is 3. The number of benzene rings is 7. The fourth-order valence-corrected chi connectivity index (χ4v) is 10.2. The Morgan fingerprint density at radius 1 is 0.365 bits per heavy atom. The molecule has 0 bridgehead atoms. The van der Waals surface area contributed by atoms with Crippen molar-refractivity contribution in [2.75, 3.05) is 0 Å². The standard InChI is InChI=1S/C47H27N3S2/c1-3-13-28(14-4-1)38-27-39(33-20-12-24-41-42(33)34-18-8-10-23-40(34)51-41)50-47(49-38)36-21-11-19-30-31-25-26-35-43(46(31)52-45(30)36)32-17-7-9-22-37(32)48-44(35)29-15-5-2-6-16-29/h1-27H. The third-order valence-corrected chi connectivity index (χ3v) is 12.5. The number of para-hydroxylation sites is 1. The maximum Gasteiger partial charge on any atom is 0.161 e. The molecule has 5 heteroatoms. The van der Waals surface area contributed by atoms with Crippen LogP contribution in [-0.2, 0) is 0 Å². The summed E-state index contributed by atoms with van der Waals surface area (Å²) in [5, 5.41) is 8.51. The van der Waals surface area contributed by atoms with E-state index in [1.54, 1.807) is 0 Å². The Labute approximate surface area is 307 Å². The number of hydrogen-bond donors (Lipinski definition) is 0. The molecule has 3 nitrogen and oxygen atoms in total. The number of hydrogen-bond acceptors (Lipinski definition) is 5. The van der Waals surface area contributed by atoms with E-state index in [-0.39, 0.29) is 0 Å². The van der Waals surface area contributed by atoms with Gasteiger partial charge in [0.1, 0.15) is 0 Å². The SMILES string of the molecule is c1ccc(-c2cc(-c3cccc4sc5ccccc5c34)nc(-c3cccc4c3sc3c4ccc4c(-c5ccccc5)nc5ccccc5c43)n2)cc1. The van der Waals surface area contributed by atoms with Crippen LogP contribution in [0.25, 0.3) is 107 Å². The molecule has 7 aromatic carbocycles. The Hall–Kier alpha value is -6.27. The van der Waals surface area contributed by atoms with Gasteiger partial charge in [-0.2, -0.15) is 0 Å². The van der Waals surface area contributed by atoms with Crippen molar-refractivity contribution >= 4 is 84.7 Å². The van der Waals surface area contributed by atoms with Gasteiger partial charge in [0, 0.05) is 78.8 Å². The van der Waals surface area contributed by atoms with Crippen molar-refractivity contribution in [2.45, 2.75) is 0 Å². The fourth-order valence-electron chi connectivity index (χ4n) is 7.73. The lowest BCUT2D eigenvalue weighted by Gasteiger charge is -2.11. The summed E-state index contributed by atoms with van der Waals surface area (Å²) in [5.41, 5.74) is 8.18. The third kappa shape index (κ3) is 4.53. The Balaban J connectivity index is 1.20. The van der Waals surface area contributed by atoms with Crippen molar-refractivity contribution in [2.24, 2.45) is 0 Å². The van der Waals surface area contributed by atoms with Gasteiger partial charge >= 0.3 is 0 Å². The first-order valence-corrected chi connectivity index (χ1v) is 19.0. The number of rotatable bonds is 4. The predicted octanol–water partition coefficient (Wildman–Crippen LogP) is 13.6. The highest BCUT2D eigenvalue weighted by atomic mass is 32.1. The van der Waals surface area contributed by atoms with Crippen LogP contribution in [0.3, 0.4) is 0 Å². The molecule has 11 aromatic rings. The Morgan fingerprint density at radius 3 is 1.87 bits per heavy atom. The quantitative estimate of drug-likeness (QED) is 0.172. The zero-order chi connectivity index (χ0) is 34.2. The van der Waals surface area contributed by atoms with Crippen LogP contribution in [0.5, 0.6) is 0 Å². The molecule has 0 aliphatic heterocycles. The minimum Gasteiger partial charge on any atom is -0.247 e. The molecular formula is C47H27N3S2. The van der Waals surface area contributed by atoms with Gasteiger partial charge < -0.3 is 0 Å². The van der Waals surface area contributed by atoms with Crippen LogP contribution in [-0.4, -0.2) is 15.0 Å². The second kappa shape index (κ2) is 11.6. The fraction of sp³-hybridized carbons (Fsp3) is 0. The molecule has 0 amide bonds. The van der Waals surface area contributed by atoms with Gasteiger partial charge in [0.2, 0.25) is 0 Å². The minimum absolute atomic E-state index is 0.728. The molecular weight excluding hydrogens is 671 g/mol. The van der Waals surface area contributed by atoms with E-state index >= 15 is 0 Å². The highest BCUT2D eigenvalue weighted by Gasteiger charge is 2.20. The molecule has 0 atom stereocenters. The summed E-state index contributed by atoms with van der Waals surface area (Å²) in [6, 6.07) is 58.0. The lowest BCUT2D eigenvalue weighted by molar-refractivity contribution is 1.19. The molecule has 0 aliphatic rings. The van der Waals surface area contributed by atoms with Gasteiger partial charge in [-0.1, -0.05) is 133 Å². The highest BCUT2D eigenvalue weighted by Crippen LogP contribution is 2.46. The van der Waals surface area contributed by atoms with Crippen LogP contribution < -0.4 is 0 Å². The van der Waals surface area contributed by atoms with E-state index in [9.17, 15) is 0 Å². The number of pyridine rings is 1. The normalized spacial score (nSPS) is 11.8. The topological polar surface area (TPSA) is 38.7 Å². The summed E-state index contributed by atoms with van der Waals surface area (Å²) < 4.78 is 4.98. The zero-order valence-corrected chi connectivity index (χ0v) is 29.4. The molecule has 0 spiro atoms. The highest BCUT2D eigenvalue weighted by molar-refractivity contribution is 7.27. The van der Waals surface area contributed by atoms with Crippen molar-refractivity contribution in [1.82, 2.24) is 15.0 Å². The average molecular weight is 698 g/mol. The van der Waals surface area contributed by atoms with Crippen molar-refractivity contribution in [3.63, 3.8) is 0 Å². The molecule has 242 valence electrons. The third-order valence-electron chi connectivity index (χ3n) is 10.1. The molecule has 0 fully saturated rings. The number of fused-ring (bicyclic) bond motifs is 10. The lowest BCUT2D eigenvalue weighted by Crippen LogP contribution is -1.96. The first-order valence-electron chi connectivity index (χ1n) is 17.4. The molecule has 0 aliphatic carbocycles. The van der Waals surface area contributed by atoms with Crippen LogP contribution in [0.1, 0.15) is 0 Å². The smallest absolute Gasteiger partial charge is 0.161 e. The number of aromatic nitrogens is 3.